The Morgan fingerprint density at radius 1 is 0.941 bits per heavy atom. The van der Waals surface area contributed by atoms with Gasteiger partial charge in [-0.25, -0.2) is 10.4 Å². The second-order valence-electron chi connectivity index (χ2n) is 9.24. The summed E-state index contributed by atoms with van der Waals surface area (Å²) in [5, 5.41) is 4.64. The van der Waals surface area contributed by atoms with Gasteiger partial charge in [0.1, 0.15) is 6.17 Å². The molecule has 4 nitrogen and oxygen atoms in total. The molecule has 34 heavy (non-hydrogen) atoms. The molecule has 0 bridgehead atoms. The van der Waals surface area contributed by atoms with Crippen molar-refractivity contribution in [1.29, 1.82) is 0 Å². The minimum absolute atomic E-state index is 0.00741. The molecule has 0 saturated carbocycles. The van der Waals surface area contributed by atoms with Crippen molar-refractivity contribution >= 4 is 5.91 Å². The highest BCUT2D eigenvalue weighted by atomic mass is 19.4. The highest BCUT2D eigenvalue weighted by Gasteiger charge is 2.41. The summed E-state index contributed by atoms with van der Waals surface area (Å²) in [6.45, 7) is 1.85. The van der Waals surface area contributed by atoms with Gasteiger partial charge in [-0.15, -0.1) is 0 Å². The number of rotatable bonds is 2. The van der Waals surface area contributed by atoms with Crippen LogP contribution >= 0.6 is 0 Å². The first kappa shape index (κ1) is 24.6. The third-order valence-electron chi connectivity index (χ3n) is 6.80. The smallest absolute Gasteiger partial charge is 0.360 e. The van der Waals surface area contributed by atoms with E-state index in [2.05, 4.69) is 10.7 Å². The Bertz CT molecular complexity index is 972. The third-order valence-corrected chi connectivity index (χ3v) is 6.80. The molecule has 2 N–H and O–H groups in total. The number of hydrogen-bond donors (Lipinski definition) is 2. The van der Waals surface area contributed by atoms with Gasteiger partial charge in [-0.05, 0) is 68.2 Å². The van der Waals surface area contributed by atoms with Gasteiger partial charge in [0.05, 0.1) is 11.8 Å². The molecule has 0 aromatic carbocycles. The van der Waals surface area contributed by atoms with Crippen LogP contribution in [0.15, 0.2) is 58.9 Å². The molecular formula is C24H27F6N3O. The van der Waals surface area contributed by atoms with E-state index in [1.807, 2.05) is 19.1 Å². The summed E-state index contributed by atoms with van der Waals surface area (Å²) >= 11 is 0. The lowest BCUT2D eigenvalue weighted by Crippen LogP contribution is -2.59. The predicted molar refractivity (Wildman–Crippen MR) is 115 cm³/mol. The van der Waals surface area contributed by atoms with Gasteiger partial charge in [0.25, 0.3) is 5.91 Å². The molecule has 4 atom stereocenters. The van der Waals surface area contributed by atoms with Crippen molar-refractivity contribution < 1.29 is 31.1 Å². The second-order valence-corrected chi connectivity index (χ2v) is 9.24. The minimum atomic E-state index is -4.24. The average molecular weight is 487 g/mol. The van der Waals surface area contributed by atoms with E-state index in [0.717, 1.165) is 11.1 Å². The van der Waals surface area contributed by atoms with E-state index in [0.29, 0.717) is 11.3 Å². The Labute approximate surface area is 194 Å². The zero-order chi connectivity index (χ0) is 24.7. The molecule has 4 aliphatic rings. The van der Waals surface area contributed by atoms with Gasteiger partial charge < -0.3 is 5.32 Å². The molecule has 0 radical (unpaired) electrons. The van der Waals surface area contributed by atoms with E-state index in [-0.39, 0.29) is 50.5 Å². The summed E-state index contributed by atoms with van der Waals surface area (Å²) in [7, 11) is 0. The summed E-state index contributed by atoms with van der Waals surface area (Å²) in [6, 6.07) is -0.222. The topological polar surface area (TPSA) is 44.4 Å². The zero-order valence-corrected chi connectivity index (χ0v) is 18.6. The molecule has 4 rings (SSSR count). The molecule has 4 unspecified atom stereocenters. The highest BCUT2D eigenvalue weighted by Crippen LogP contribution is 2.40. The lowest BCUT2D eigenvalue weighted by atomic mass is 9.85. The lowest BCUT2D eigenvalue weighted by molar-refractivity contribution is -0.176. The van der Waals surface area contributed by atoms with Crippen LogP contribution in [0.3, 0.4) is 0 Å². The molecule has 2 heterocycles. The van der Waals surface area contributed by atoms with Crippen molar-refractivity contribution in [2.75, 3.05) is 0 Å². The van der Waals surface area contributed by atoms with Crippen molar-refractivity contribution in [2.45, 2.75) is 70.0 Å². The number of hydrazine groups is 1. The van der Waals surface area contributed by atoms with Crippen molar-refractivity contribution in [3.05, 3.63) is 58.9 Å². The Balaban J connectivity index is 1.57. The summed E-state index contributed by atoms with van der Waals surface area (Å²) in [6.07, 6.45) is 1.10. The molecule has 2 aliphatic heterocycles. The number of hydrogen-bond acceptors (Lipinski definition) is 3. The largest absolute Gasteiger partial charge is 0.392 e. The Hall–Kier alpha value is -2.49. The fourth-order valence-corrected chi connectivity index (χ4v) is 4.76. The van der Waals surface area contributed by atoms with Crippen molar-refractivity contribution in [2.24, 2.45) is 11.8 Å². The SMILES string of the molecule is CC1/C=C\C(C2=CCC(C(F)(F)F)CC2)=C/C2NC(C3=CCC(C(F)(F)F)CC3)=CC(=O)N2N1. The molecule has 2 aliphatic carbocycles. The molecule has 0 spiro atoms. The van der Waals surface area contributed by atoms with Gasteiger partial charge >= 0.3 is 12.4 Å². The number of amides is 1. The van der Waals surface area contributed by atoms with Crippen molar-refractivity contribution in [1.82, 2.24) is 15.8 Å². The summed E-state index contributed by atoms with van der Waals surface area (Å²) in [5.74, 6) is -3.08. The lowest BCUT2D eigenvalue weighted by Gasteiger charge is -2.39. The predicted octanol–water partition coefficient (Wildman–Crippen LogP) is 5.60. The number of nitrogens with zero attached hydrogens (tertiary/aromatic N) is 1. The maximum atomic E-state index is 13.1. The van der Waals surface area contributed by atoms with Crippen LogP contribution in [0.2, 0.25) is 0 Å². The van der Waals surface area contributed by atoms with Crippen LogP contribution in [0, 0.1) is 11.8 Å². The molecule has 0 aromatic heterocycles. The van der Waals surface area contributed by atoms with Crippen LogP contribution < -0.4 is 10.7 Å². The first-order valence-electron chi connectivity index (χ1n) is 11.4. The summed E-state index contributed by atoms with van der Waals surface area (Å²) in [5.41, 5.74) is 5.76. The Morgan fingerprint density at radius 2 is 1.53 bits per heavy atom. The molecular weight excluding hydrogens is 460 g/mol. The van der Waals surface area contributed by atoms with E-state index >= 15 is 0 Å². The second kappa shape index (κ2) is 9.28. The first-order valence-corrected chi connectivity index (χ1v) is 11.4. The molecule has 10 heteroatoms. The number of halogens is 6. The number of allylic oxidation sites excluding steroid dienone is 6. The van der Waals surface area contributed by atoms with Gasteiger partial charge in [-0.2, -0.15) is 26.3 Å². The molecule has 186 valence electrons. The third kappa shape index (κ3) is 5.42. The summed E-state index contributed by atoms with van der Waals surface area (Å²) in [4.78, 5) is 12.9. The first-order chi connectivity index (χ1) is 15.9. The fourth-order valence-electron chi connectivity index (χ4n) is 4.76. The van der Waals surface area contributed by atoms with Crippen LogP contribution in [-0.4, -0.2) is 35.5 Å². The highest BCUT2D eigenvalue weighted by molar-refractivity contribution is 5.90. The molecule has 0 saturated heterocycles. The van der Waals surface area contributed by atoms with Gasteiger partial charge in [0.2, 0.25) is 0 Å². The number of nitrogens with one attached hydrogen (secondary N) is 2. The van der Waals surface area contributed by atoms with Crippen LogP contribution in [0.4, 0.5) is 26.3 Å². The van der Waals surface area contributed by atoms with E-state index < -0.39 is 30.4 Å². The van der Waals surface area contributed by atoms with Gasteiger partial charge in [0.15, 0.2) is 0 Å². The van der Waals surface area contributed by atoms with E-state index in [1.54, 1.807) is 12.2 Å². The van der Waals surface area contributed by atoms with Crippen LogP contribution in [-0.2, 0) is 4.79 Å². The van der Waals surface area contributed by atoms with Crippen LogP contribution in [0.1, 0.15) is 45.4 Å². The van der Waals surface area contributed by atoms with Gasteiger partial charge in [-0.1, -0.05) is 24.3 Å². The van der Waals surface area contributed by atoms with Crippen molar-refractivity contribution in [3.63, 3.8) is 0 Å². The summed E-state index contributed by atoms with van der Waals surface area (Å²) < 4.78 is 78.2. The molecule has 1 amide bonds. The maximum absolute atomic E-state index is 13.1. The zero-order valence-electron chi connectivity index (χ0n) is 18.6. The standard InChI is InChI=1S/C24H27F6N3O/c1-14-2-3-17(15-4-8-18(9-5-15)23(25,26)27)12-21-31-20(13-22(34)33(21)32-14)16-6-10-19(11-7-16)24(28,29)30/h2-4,6,12-14,18-19,21,31-32H,5,7-11H2,1H3/b3-2-,17-12+. The van der Waals surface area contributed by atoms with Crippen LogP contribution in [0.5, 0.6) is 0 Å². The van der Waals surface area contributed by atoms with E-state index in [1.165, 1.54) is 17.2 Å². The number of carbonyl (C=O) groups is 1. The number of fused-ring (bicyclic) bond motifs is 1. The number of alkyl halides is 6. The van der Waals surface area contributed by atoms with E-state index in [9.17, 15) is 31.1 Å². The fraction of sp³-hybridized carbons (Fsp3) is 0.542. The Morgan fingerprint density at radius 3 is 2.06 bits per heavy atom. The van der Waals surface area contributed by atoms with Gasteiger partial charge in [-0.3, -0.25) is 4.79 Å². The maximum Gasteiger partial charge on any atom is 0.392 e. The molecule has 0 aromatic rings. The Kier molecular flexibility index (Phi) is 6.72. The monoisotopic (exact) mass is 487 g/mol. The van der Waals surface area contributed by atoms with E-state index in [4.69, 9.17) is 0 Å². The number of carbonyl (C=O) groups excluding carboxylic acids is 1. The average Bonchev–Trinajstić information content (AvgIpc) is 2.76. The van der Waals surface area contributed by atoms with Crippen molar-refractivity contribution in [3.8, 4) is 0 Å². The quantitative estimate of drug-likeness (QED) is 0.499. The molecule has 0 fully saturated rings. The minimum Gasteiger partial charge on any atom is -0.360 e. The normalized spacial score (nSPS) is 33.3. The van der Waals surface area contributed by atoms with Crippen LogP contribution in [0.25, 0.3) is 0 Å². The van der Waals surface area contributed by atoms with Gasteiger partial charge in [0, 0.05) is 17.8 Å².